The number of rotatable bonds is 6. The molecule has 0 fully saturated rings. The van der Waals surface area contributed by atoms with Crippen LogP contribution in [0.4, 0.5) is 0 Å². The van der Waals surface area contributed by atoms with Crippen molar-refractivity contribution in [2.75, 3.05) is 0 Å². The molecule has 0 spiro atoms. The van der Waals surface area contributed by atoms with Crippen LogP contribution < -0.4 is 0 Å². The lowest BCUT2D eigenvalue weighted by Gasteiger charge is -2.05. The van der Waals surface area contributed by atoms with Crippen LogP contribution in [0.3, 0.4) is 0 Å². The average molecular weight is 321 g/mol. The number of carboxylic acid groups (broad SMARTS) is 1. The quantitative estimate of drug-likeness (QED) is 0.662. The van der Waals surface area contributed by atoms with Crippen LogP contribution in [0.15, 0.2) is 42.5 Å². The summed E-state index contributed by atoms with van der Waals surface area (Å²) in [5.74, 6) is -0.802. The molecule has 124 valence electrons. The minimum atomic E-state index is -0.802. The van der Waals surface area contributed by atoms with E-state index in [9.17, 15) is 9.90 Å². The number of aryl methyl sites for hydroxylation is 2. The third-order valence-electron chi connectivity index (χ3n) is 4.42. The largest absolute Gasteiger partial charge is 0.481 e. The van der Waals surface area contributed by atoms with Gasteiger partial charge in [0.15, 0.2) is 0 Å². The third kappa shape index (κ3) is 3.35. The van der Waals surface area contributed by atoms with Crippen molar-refractivity contribution >= 4 is 16.9 Å². The number of carboxylic acids is 1. The Morgan fingerprint density at radius 3 is 2.71 bits per heavy atom. The number of nitrogens with one attached hydrogen (secondary N) is 1. The number of hydrogen-bond donors (Lipinski definition) is 2. The van der Waals surface area contributed by atoms with E-state index in [1.165, 1.54) is 5.56 Å². The molecule has 3 aromatic rings. The van der Waals surface area contributed by atoms with Crippen LogP contribution in [0.1, 0.15) is 36.5 Å². The number of aromatic amines is 1. The maximum absolute atomic E-state index is 11.4. The summed E-state index contributed by atoms with van der Waals surface area (Å²) in [7, 11) is 0. The number of unbranched alkanes of at least 4 members (excludes halogenated alkanes) is 1. The summed E-state index contributed by atoms with van der Waals surface area (Å²) >= 11 is 0. The lowest BCUT2D eigenvalue weighted by atomic mass is 9.99. The molecule has 0 unspecified atom stereocenters. The SMILES string of the molecule is CCCCc1ccc2[nH]c(-c3cccc(C)c3)c(CC(=O)O)c2c1. The van der Waals surface area contributed by atoms with Crippen molar-refractivity contribution in [2.45, 2.75) is 39.5 Å². The molecule has 0 bridgehead atoms. The Labute approximate surface area is 142 Å². The molecule has 2 aromatic carbocycles. The first-order valence-corrected chi connectivity index (χ1v) is 8.50. The van der Waals surface area contributed by atoms with E-state index in [0.29, 0.717) is 0 Å². The Morgan fingerprint density at radius 1 is 1.17 bits per heavy atom. The lowest BCUT2D eigenvalue weighted by molar-refractivity contribution is -0.136. The molecule has 3 nitrogen and oxygen atoms in total. The van der Waals surface area contributed by atoms with Crippen molar-refractivity contribution in [1.82, 2.24) is 4.98 Å². The molecule has 0 radical (unpaired) electrons. The van der Waals surface area contributed by atoms with Gasteiger partial charge in [-0.05, 0) is 54.7 Å². The van der Waals surface area contributed by atoms with E-state index in [1.54, 1.807) is 0 Å². The molecule has 0 amide bonds. The number of carbonyl (C=O) groups is 1. The zero-order valence-corrected chi connectivity index (χ0v) is 14.2. The summed E-state index contributed by atoms with van der Waals surface area (Å²) in [6, 6.07) is 14.5. The van der Waals surface area contributed by atoms with Crippen LogP contribution in [0.25, 0.3) is 22.2 Å². The van der Waals surface area contributed by atoms with Gasteiger partial charge in [-0.2, -0.15) is 0 Å². The zero-order chi connectivity index (χ0) is 17.1. The summed E-state index contributed by atoms with van der Waals surface area (Å²) in [6.45, 7) is 4.23. The third-order valence-corrected chi connectivity index (χ3v) is 4.42. The van der Waals surface area contributed by atoms with Crippen molar-refractivity contribution in [3.63, 3.8) is 0 Å². The highest BCUT2D eigenvalue weighted by Crippen LogP contribution is 2.32. The van der Waals surface area contributed by atoms with Gasteiger partial charge in [0.1, 0.15) is 0 Å². The molecular weight excluding hydrogens is 298 g/mol. The van der Waals surface area contributed by atoms with Crippen molar-refractivity contribution in [2.24, 2.45) is 0 Å². The summed E-state index contributed by atoms with van der Waals surface area (Å²) in [6.07, 6.45) is 3.36. The van der Waals surface area contributed by atoms with Gasteiger partial charge < -0.3 is 10.1 Å². The fourth-order valence-electron chi connectivity index (χ4n) is 3.21. The zero-order valence-electron chi connectivity index (χ0n) is 14.2. The minimum absolute atomic E-state index is 0.0283. The first kappa shape index (κ1) is 16.3. The second-order valence-electron chi connectivity index (χ2n) is 6.40. The first-order chi connectivity index (χ1) is 11.6. The molecule has 0 atom stereocenters. The van der Waals surface area contributed by atoms with Gasteiger partial charge >= 0.3 is 5.97 Å². The van der Waals surface area contributed by atoms with Crippen molar-refractivity contribution < 1.29 is 9.90 Å². The maximum Gasteiger partial charge on any atom is 0.307 e. The van der Waals surface area contributed by atoms with Crippen LogP contribution in [0, 0.1) is 6.92 Å². The van der Waals surface area contributed by atoms with Gasteiger partial charge in [-0.1, -0.05) is 43.2 Å². The number of benzene rings is 2. The summed E-state index contributed by atoms with van der Waals surface area (Å²) in [4.78, 5) is 14.8. The molecule has 0 aliphatic heterocycles. The van der Waals surface area contributed by atoms with Crippen molar-refractivity contribution in [3.8, 4) is 11.3 Å². The summed E-state index contributed by atoms with van der Waals surface area (Å²) < 4.78 is 0. The molecule has 0 aliphatic carbocycles. The van der Waals surface area contributed by atoms with E-state index in [-0.39, 0.29) is 6.42 Å². The molecule has 0 aliphatic rings. The van der Waals surface area contributed by atoms with E-state index in [4.69, 9.17) is 0 Å². The Balaban J connectivity index is 2.15. The van der Waals surface area contributed by atoms with E-state index in [2.05, 4.69) is 36.2 Å². The van der Waals surface area contributed by atoms with E-state index in [1.807, 2.05) is 25.1 Å². The van der Waals surface area contributed by atoms with Crippen molar-refractivity contribution in [1.29, 1.82) is 0 Å². The summed E-state index contributed by atoms with van der Waals surface area (Å²) in [5, 5.41) is 10.4. The highest BCUT2D eigenvalue weighted by atomic mass is 16.4. The van der Waals surface area contributed by atoms with E-state index in [0.717, 1.165) is 52.5 Å². The van der Waals surface area contributed by atoms with Gasteiger partial charge in [-0.3, -0.25) is 4.79 Å². The summed E-state index contributed by atoms with van der Waals surface area (Å²) in [5.41, 5.74) is 6.27. The van der Waals surface area contributed by atoms with Crippen LogP contribution in [0.5, 0.6) is 0 Å². The lowest BCUT2D eigenvalue weighted by Crippen LogP contribution is -2.01. The van der Waals surface area contributed by atoms with E-state index >= 15 is 0 Å². The van der Waals surface area contributed by atoms with Gasteiger partial charge in [0.25, 0.3) is 0 Å². The van der Waals surface area contributed by atoms with Gasteiger partial charge in [-0.25, -0.2) is 0 Å². The maximum atomic E-state index is 11.4. The standard InChI is InChI=1S/C21H23NO2/c1-3-4-7-15-9-10-19-17(12-15)18(13-20(23)24)21(22-19)16-8-5-6-14(2)11-16/h5-6,8-12,22H,3-4,7,13H2,1-2H3,(H,23,24). The monoisotopic (exact) mass is 321 g/mol. The second kappa shape index (κ2) is 6.91. The Morgan fingerprint density at radius 2 is 2.00 bits per heavy atom. The molecule has 3 heteroatoms. The fourth-order valence-corrected chi connectivity index (χ4v) is 3.21. The van der Waals surface area contributed by atoms with Crippen molar-refractivity contribution in [3.05, 3.63) is 59.2 Å². The number of aromatic nitrogens is 1. The van der Waals surface area contributed by atoms with Crippen LogP contribution in [-0.2, 0) is 17.6 Å². The van der Waals surface area contributed by atoms with Crippen LogP contribution >= 0.6 is 0 Å². The number of aliphatic carboxylic acids is 1. The molecule has 24 heavy (non-hydrogen) atoms. The molecule has 0 saturated carbocycles. The number of H-pyrrole nitrogens is 1. The molecule has 2 N–H and O–H groups in total. The highest BCUT2D eigenvalue weighted by Gasteiger charge is 2.16. The van der Waals surface area contributed by atoms with Gasteiger partial charge in [0.2, 0.25) is 0 Å². The topological polar surface area (TPSA) is 53.1 Å². The highest BCUT2D eigenvalue weighted by molar-refractivity contribution is 5.94. The normalized spacial score (nSPS) is 11.1. The second-order valence-corrected chi connectivity index (χ2v) is 6.40. The molecule has 1 heterocycles. The number of hydrogen-bond acceptors (Lipinski definition) is 1. The molecular formula is C21H23NO2. The van der Waals surface area contributed by atoms with E-state index < -0.39 is 5.97 Å². The Bertz CT molecular complexity index is 877. The van der Waals surface area contributed by atoms with Crippen LogP contribution in [0.2, 0.25) is 0 Å². The smallest absolute Gasteiger partial charge is 0.307 e. The Hall–Kier alpha value is -2.55. The molecule has 0 saturated heterocycles. The van der Waals surface area contributed by atoms with Gasteiger partial charge in [0, 0.05) is 10.9 Å². The van der Waals surface area contributed by atoms with Gasteiger partial charge in [0.05, 0.1) is 12.1 Å². The molecule has 1 aromatic heterocycles. The van der Waals surface area contributed by atoms with Crippen LogP contribution in [-0.4, -0.2) is 16.1 Å². The fraction of sp³-hybridized carbons (Fsp3) is 0.286. The first-order valence-electron chi connectivity index (χ1n) is 8.50. The number of fused-ring (bicyclic) bond motifs is 1. The molecule has 3 rings (SSSR count). The minimum Gasteiger partial charge on any atom is -0.481 e. The Kier molecular flexibility index (Phi) is 4.70. The van der Waals surface area contributed by atoms with Gasteiger partial charge in [-0.15, -0.1) is 0 Å². The predicted octanol–water partition coefficient (Wildman–Crippen LogP) is 5.11. The predicted molar refractivity (Wildman–Crippen MR) is 98.4 cm³/mol. The average Bonchev–Trinajstić information content (AvgIpc) is 2.90.